The van der Waals surface area contributed by atoms with Crippen LogP contribution >= 0.6 is 12.4 Å². The number of hydrogen-bond donors (Lipinski definition) is 2. The molecule has 0 aliphatic heterocycles. The molecule has 22 heavy (non-hydrogen) atoms. The van der Waals surface area contributed by atoms with Gasteiger partial charge in [0, 0.05) is 12.1 Å². The molecule has 0 spiro atoms. The molecule has 0 aliphatic rings. The smallest absolute Gasteiger partial charge is 0.329 e. The topological polar surface area (TPSA) is 96.0 Å². The third kappa shape index (κ3) is 4.84. The highest BCUT2D eigenvalue weighted by Gasteiger charge is 2.35. The molecule has 0 saturated heterocycles. The van der Waals surface area contributed by atoms with Crippen molar-refractivity contribution < 1.29 is 21.6 Å². The summed E-state index contributed by atoms with van der Waals surface area (Å²) in [6, 6.07) is 3.60. The van der Waals surface area contributed by atoms with Crippen LogP contribution in [0, 0.1) is 11.3 Å². The minimum atomic E-state index is -4.82. The van der Waals surface area contributed by atoms with Gasteiger partial charge in [-0.15, -0.1) is 12.4 Å². The monoisotopic (exact) mass is 357 g/mol. The molecule has 0 aromatic heterocycles. The number of hydrogen-bond acceptors (Lipinski definition) is 4. The van der Waals surface area contributed by atoms with E-state index in [0.29, 0.717) is 6.07 Å². The van der Waals surface area contributed by atoms with E-state index < -0.39 is 37.8 Å². The fraction of sp³-hybridized carbons (Fsp3) is 0.417. The molecule has 124 valence electrons. The Bertz CT molecular complexity index is 682. The highest BCUT2D eigenvalue weighted by atomic mass is 35.5. The van der Waals surface area contributed by atoms with Crippen molar-refractivity contribution in [3.05, 3.63) is 29.3 Å². The van der Waals surface area contributed by atoms with Crippen molar-refractivity contribution in [1.29, 1.82) is 5.26 Å². The summed E-state index contributed by atoms with van der Waals surface area (Å²) in [5, 5.41) is 8.67. The largest absolute Gasteiger partial charge is 0.417 e. The molecule has 0 aliphatic carbocycles. The Balaban J connectivity index is 0.00000441. The maximum atomic E-state index is 12.8. The van der Waals surface area contributed by atoms with Crippen molar-refractivity contribution in [3.63, 3.8) is 0 Å². The van der Waals surface area contributed by atoms with Crippen LogP contribution in [0.5, 0.6) is 0 Å². The second-order valence-electron chi connectivity index (χ2n) is 5.01. The number of nitrogens with two attached hydrogens (primary N) is 1. The van der Waals surface area contributed by atoms with Crippen molar-refractivity contribution in [2.24, 2.45) is 5.73 Å². The number of nitrogens with zero attached hydrogens (tertiary/aromatic N) is 1. The van der Waals surface area contributed by atoms with E-state index in [1.807, 2.05) is 0 Å². The zero-order valence-electron chi connectivity index (χ0n) is 11.7. The van der Waals surface area contributed by atoms with Gasteiger partial charge in [0.15, 0.2) is 0 Å². The SMILES string of the molecule is CC(C)(CN)NS(=O)(=O)c1ccc(C#N)c(C(F)(F)F)c1.Cl. The Labute approximate surface area is 132 Å². The van der Waals surface area contributed by atoms with Gasteiger partial charge in [-0.1, -0.05) is 0 Å². The summed E-state index contributed by atoms with van der Waals surface area (Å²) in [4.78, 5) is -0.574. The average Bonchev–Trinajstić information content (AvgIpc) is 2.35. The zero-order valence-corrected chi connectivity index (χ0v) is 13.4. The van der Waals surface area contributed by atoms with E-state index in [2.05, 4.69) is 4.72 Å². The van der Waals surface area contributed by atoms with Gasteiger partial charge in [-0.2, -0.15) is 18.4 Å². The van der Waals surface area contributed by atoms with Gasteiger partial charge in [0.1, 0.15) is 0 Å². The number of halogens is 4. The van der Waals surface area contributed by atoms with Crippen molar-refractivity contribution in [2.45, 2.75) is 30.5 Å². The number of benzene rings is 1. The molecule has 5 nitrogen and oxygen atoms in total. The molecule has 10 heteroatoms. The third-order valence-electron chi connectivity index (χ3n) is 2.65. The maximum Gasteiger partial charge on any atom is 0.417 e. The summed E-state index contributed by atoms with van der Waals surface area (Å²) < 4.78 is 64.8. The van der Waals surface area contributed by atoms with Crippen LogP contribution in [0.3, 0.4) is 0 Å². The van der Waals surface area contributed by atoms with Gasteiger partial charge in [0.05, 0.1) is 22.1 Å². The Kier molecular flexibility index (Phi) is 6.41. The lowest BCUT2D eigenvalue weighted by atomic mass is 10.1. The summed E-state index contributed by atoms with van der Waals surface area (Å²) in [7, 11) is -4.18. The van der Waals surface area contributed by atoms with E-state index in [1.54, 1.807) is 0 Å². The third-order valence-corrected chi connectivity index (χ3v) is 4.34. The second kappa shape index (κ2) is 6.83. The van der Waals surface area contributed by atoms with Gasteiger partial charge in [-0.3, -0.25) is 0 Å². The highest BCUT2D eigenvalue weighted by Crippen LogP contribution is 2.33. The molecule has 1 rings (SSSR count). The Morgan fingerprint density at radius 1 is 1.32 bits per heavy atom. The first-order valence-corrected chi connectivity index (χ1v) is 7.27. The number of nitriles is 1. The lowest BCUT2D eigenvalue weighted by molar-refractivity contribution is -0.137. The standard InChI is InChI=1S/C12H14F3N3O2S.ClH/c1-11(2,7-17)18-21(19,20)9-4-3-8(6-16)10(5-9)12(13,14)15;/h3-5,18H,7,17H2,1-2H3;1H. The Morgan fingerprint density at radius 3 is 2.27 bits per heavy atom. The molecule has 0 radical (unpaired) electrons. The molecule has 0 amide bonds. The average molecular weight is 358 g/mol. The van der Waals surface area contributed by atoms with Crippen molar-refractivity contribution in [3.8, 4) is 6.07 Å². The van der Waals surface area contributed by atoms with Gasteiger partial charge in [-0.25, -0.2) is 13.1 Å². The van der Waals surface area contributed by atoms with Gasteiger partial charge >= 0.3 is 6.18 Å². The fourth-order valence-electron chi connectivity index (χ4n) is 1.49. The summed E-state index contributed by atoms with van der Waals surface area (Å²) >= 11 is 0. The predicted molar refractivity (Wildman–Crippen MR) is 76.9 cm³/mol. The van der Waals surface area contributed by atoms with Crippen LogP contribution in [0.4, 0.5) is 13.2 Å². The van der Waals surface area contributed by atoms with E-state index in [1.165, 1.54) is 19.9 Å². The lowest BCUT2D eigenvalue weighted by Crippen LogP contribution is -2.48. The zero-order chi connectivity index (χ0) is 16.5. The van der Waals surface area contributed by atoms with E-state index in [-0.39, 0.29) is 19.0 Å². The number of rotatable bonds is 4. The fourth-order valence-corrected chi connectivity index (χ4v) is 2.94. The molecule has 0 unspecified atom stereocenters. The van der Waals surface area contributed by atoms with Gasteiger partial charge in [-0.05, 0) is 32.0 Å². The van der Waals surface area contributed by atoms with Crippen LogP contribution in [0.15, 0.2) is 23.1 Å². The molecule has 0 saturated carbocycles. The minimum absolute atomic E-state index is 0. The predicted octanol–water partition coefficient (Wildman–Crippen LogP) is 2.01. The summed E-state index contributed by atoms with van der Waals surface area (Å²) in [5.41, 5.74) is 2.45. The summed E-state index contributed by atoms with van der Waals surface area (Å²) in [6.45, 7) is 2.96. The first-order valence-electron chi connectivity index (χ1n) is 5.78. The van der Waals surface area contributed by atoms with Crippen molar-refractivity contribution in [1.82, 2.24) is 4.72 Å². The van der Waals surface area contributed by atoms with E-state index in [0.717, 1.165) is 12.1 Å². The molecule has 1 aromatic carbocycles. The Morgan fingerprint density at radius 2 is 1.86 bits per heavy atom. The first-order chi connectivity index (χ1) is 9.43. The maximum absolute atomic E-state index is 12.8. The molecule has 0 bridgehead atoms. The first kappa shape index (κ1) is 20.7. The minimum Gasteiger partial charge on any atom is -0.329 e. The molecule has 0 fully saturated rings. The Hall–Kier alpha value is -1.34. The number of sulfonamides is 1. The van der Waals surface area contributed by atoms with E-state index in [9.17, 15) is 21.6 Å². The van der Waals surface area contributed by atoms with E-state index >= 15 is 0 Å². The van der Waals surface area contributed by atoms with Crippen LogP contribution in [0.1, 0.15) is 25.0 Å². The van der Waals surface area contributed by atoms with E-state index in [4.69, 9.17) is 11.0 Å². The van der Waals surface area contributed by atoms with Crippen LogP contribution in [-0.2, 0) is 16.2 Å². The van der Waals surface area contributed by atoms with Crippen LogP contribution < -0.4 is 10.5 Å². The highest BCUT2D eigenvalue weighted by molar-refractivity contribution is 7.89. The van der Waals surface area contributed by atoms with Gasteiger partial charge in [0.2, 0.25) is 10.0 Å². The molecule has 1 aromatic rings. The summed E-state index contributed by atoms with van der Waals surface area (Å²) in [5.74, 6) is 0. The molecule has 0 heterocycles. The number of alkyl halides is 3. The molecular weight excluding hydrogens is 343 g/mol. The quantitative estimate of drug-likeness (QED) is 0.861. The van der Waals surface area contributed by atoms with Crippen molar-refractivity contribution in [2.75, 3.05) is 6.54 Å². The van der Waals surface area contributed by atoms with Gasteiger partial charge < -0.3 is 5.73 Å². The molecule has 3 N–H and O–H groups in total. The second-order valence-corrected chi connectivity index (χ2v) is 6.69. The molecular formula is C12H15ClF3N3O2S. The van der Waals surface area contributed by atoms with Crippen LogP contribution in [-0.4, -0.2) is 20.5 Å². The van der Waals surface area contributed by atoms with Gasteiger partial charge in [0.25, 0.3) is 0 Å². The summed E-state index contributed by atoms with van der Waals surface area (Å²) in [6.07, 6.45) is -4.82. The van der Waals surface area contributed by atoms with Crippen LogP contribution in [0.25, 0.3) is 0 Å². The van der Waals surface area contributed by atoms with Crippen molar-refractivity contribution >= 4 is 22.4 Å². The lowest BCUT2D eigenvalue weighted by Gasteiger charge is -2.24. The molecule has 0 atom stereocenters. The normalized spacial score (nSPS) is 12.4. The number of nitrogens with one attached hydrogen (secondary N) is 1. The van der Waals surface area contributed by atoms with Crippen LogP contribution in [0.2, 0.25) is 0 Å².